The summed E-state index contributed by atoms with van der Waals surface area (Å²) in [5.41, 5.74) is 1.52. The first-order valence-corrected chi connectivity index (χ1v) is 8.76. The van der Waals surface area contributed by atoms with Crippen molar-refractivity contribution in [1.29, 1.82) is 0 Å². The van der Waals surface area contributed by atoms with Crippen LogP contribution in [0.2, 0.25) is 0 Å². The highest BCUT2D eigenvalue weighted by Gasteiger charge is 2.58. The second-order valence-corrected chi connectivity index (χ2v) is 7.17. The van der Waals surface area contributed by atoms with Gasteiger partial charge in [-0.1, -0.05) is 0 Å². The minimum absolute atomic E-state index is 0.0395. The van der Waals surface area contributed by atoms with Crippen molar-refractivity contribution in [3.63, 3.8) is 0 Å². The van der Waals surface area contributed by atoms with Gasteiger partial charge < -0.3 is 9.64 Å². The molecule has 1 aromatic rings. The molecule has 1 aromatic heterocycles. The van der Waals surface area contributed by atoms with E-state index in [0.717, 1.165) is 43.4 Å². The minimum atomic E-state index is -0.647. The molecule has 0 spiro atoms. The number of urea groups is 1. The predicted octanol–water partition coefficient (Wildman–Crippen LogP) is 1.72. The lowest BCUT2D eigenvalue weighted by Gasteiger charge is -2.31. The van der Waals surface area contributed by atoms with E-state index in [1.54, 1.807) is 12.0 Å². The highest BCUT2D eigenvalue weighted by Crippen LogP contribution is 2.44. The molecule has 24 heavy (non-hydrogen) atoms. The number of aryl methyl sites for hydroxylation is 1. The topological polar surface area (TPSA) is 67.7 Å². The number of aromatic nitrogens is 2. The van der Waals surface area contributed by atoms with E-state index in [0.29, 0.717) is 19.7 Å². The number of hydrogen-bond donors (Lipinski definition) is 0. The summed E-state index contributed by atoms with van der Waals surface area (Å²) in [6.45, 7) is 3.79. The van der Waals surface area contributed by atoms with E-state index < -0.39 is 5.54 Å². The molecule has 4 rings (SSSR count). The van der Waals surface area contributed by atoms with Gasteiger partial charge >= 0.3 is 6.03 Å². The van der Waals surface area contributed by atoms with Gasteiger partial charge in [-0.15, -0.1) is 0 Å². The molecule has 2 atom stereocenters. The maximum atomic E-state index is 13.1. The van der Waals surface area contributed by atoms with E-state index in [9.17, 15) is 9.59 Å². The van der Waals surface area contributed by atoms with Gasteiger partial charge in [0, 0.05) is 13.7 Å². The Morgan fingerprint density at radius 3 is 2.96 bits per heavy atom. The average Bonchev–Trinajstić information content (AvgIpc) is 3.21. The molecule has 0 radical (unpaired) electrons. The van der Waals surface area contributed by atoms with Crippen molar-refractivity contribution in [2.45, 2.75) is 57.2 Å². The standard InChI is InChI=1S/C17H24N4O3/c1-17-7-4-8-19(17)16(23)21(15(17)22)13-6-3-5-12-11-18-20(14(12)13)9-10-24-2/h11,13H,3-10H2,1-2H3/t13-,17-/m0/s1. The first kappa shape index (κ1) is 15.6. The molecule has 2 aliphatic heterocycles. The molecule has 3 aliphatic rings. The molecule has 1 aliphatic carbocycles. The molecule has 7 heteroatoms. The Balaban J connectivity index is 1.70. The van der Waals surface area contributed by atoms with Crippen LogP contribution in [0.5, 0.6) is 0 Å². The van der Waals surface area contributed by atoms with Gasteiger partial charge in [-0.2, -0.15) is 5.10 Å². The summed E-state index contributed by atoms with van der Waals surface area (Å²) in [5.74, 6) is -0.0395. The molecule has 0 saturated carbocycles. The van der Waals surface area contributed by atoms with Gasteiger partial charge in [0.05, 0.1) is 31.1 Å². The van der Waals surface area contributed by atoms with E-state index >= 15 is 0 Å². The van der Waals surface area contributed by atoms with Crippen molar-refractivity contribution in [3.8, 4) is 0 Å². The molecular weight excluding hydrogens is 308 g/mol. The molecule has 2 fully saturated rings. The molecule has 0 bridgehead atoms. The number of hydrogen-bond acceptors (Lipinski definition) is 4. The summed E-state index contributed by atoms with van der Waals surface area (Å²) in [6, 6.07) is -0.326. The second kappa shape index (κ2) is 5.58. The van der Waals surface area contributed by atoms with Gasteiger partial charge in [0.25, 0.3) is 5.91 Å². The van der Waals surface area contributed by atoms with Crippen molar-refractivity contribution < 1.29 is 14.3 Å². The highest BCUT2D eigenvalue weighted by molar-refractivity contribution is 6.07. The van der Waals surface area contributed by atoms with Crippen LogP contribution in [0.3, 0.4) is 0 Å². The molecule has 3 heterocycles. The Kier molecular flexibility index (Phi) is 3.63. The molecule has 0 N–H and O–H groups in total. The van der Waals surface area contributed by atoms with Crippen LogP contribution in [-0.2, 0) is 22.5 Å². The second-order valence-electron chi connectivity index (χ2n) is 7.17. The molecule has 0 unspecified atom stereocenters. The number of methoxy groups -OCH3 is 1. The van der Waals surface area contributed by atoms with Crippen LogP contribution >= 0.6 is 0 Å². The third kappa shape index (κ3) is 2.03. The lowest BCUT2D eigenvalue weighted by atomic mass is 9.91. The summed E-state index contributed by atoms with van der Waals surface area (Å²) >= 11 is 0. The van der Waals surface area contributed by atoms with Crippen LogP contribution < -0.4 is 0 Å². The fraction of sp³-hybridized carbons (Fsp3) is 0.706. The summed E-state index contributed by atoms with van der Waals surface area (Å²) in [4.78, 5) is 29.3. The number of carbonyl (C=O) groups excluding carboxylic acids is 2. The van der Waals surface area contributed by atoms with Crippen molar-refractivity contribution in [2.24, 2.45) is 0 Å². The fourth-order valence-corrected chi connectivity index (χ4v) is 4.49. The lowest BCUT2D eigenvalue weighted by Crippen LogP contribution is -2.42. The number of imide groups is 1. The lowest BCUT2D eigenvalue weighted by molar-refractivity contribution is -0.133. The zero-order valence-corrected chi connectivity index (χ0v) is 14.3. The molecule has 0 aromatic carbocycles. The van der Waals surface area contributed by atoms with Crippen LogP contribution in [0, 0.1) is 0 Å². The van der Waals surface area contributed by atoms with Gasteiger partial charge in [-0.3, -0.25) is 14.4 Å². The van der Waals surface area contributed by atoms with E-state index in [2.05, 4.69) is 5.10 Å². The zero-order chi connectivity index (χ0) is 16.9. The van der Waals surface area contributed by atoms with Crippen molar-refractivity contribution in [3.05, 3.63) is 17.5 Å². The summed E-state index contributed by atoms with van der Waals surface area (Å²) < 4.78 is 7.08. The predicted molar refractivity (Wildman–Crippen MR) is 86.4 cm³/mol. The monoisotopic (exact) mass is 332 g/mol. The molecule has 130 valence electrons. The minimum Gasteiger partial charge on any atom is -0.383 e. The van der Waals surface area contributed by atoms with Crippen molar-refractivity contribution in [1.82, 2.24) is 19.6 Å². The van der Waals surface area contributed by atoms with Crippen LogP contribution in [0.4, 0.5) is 4.79 Å². The Morgan fingerprint density at radius 2 is 2.21 bits per heavy atom. The summed E-state index contributed by atoms with van der Waals surface area (Å²) in [5, 5.41) is 4.47. The first-order chi connectivity index (χ1) is 11.6. The maximum absolute atomic E-state index is 13.1. The van der Waals surface area contributed by atoms with Crippen LogP contribution in [-0.4, -0.2) is 57.3 Å². The number of carbonyl (C=O) groups is 2. The van der Waals surface area contributed by atoms with E-state index in [4.69, 9.17) is 4.74 Å². The Hall–Kier alpha value is -1.89. The first-order valence-electron chi connectivity index (χ1n) is 8.76. The smallest absolute Gasteiger partial charge is 0.328 e. The molecule has 2 saturated heterocycles. The Bertz CT molecular complexity index is 685. The van der Waals surface area contributed by atoms with Gasteiger partial charge in [0.2, 0.25) is 0 Å². The van der Waals surface area contributed by atoms with Crippen LogP contribution in [0.1, 0.15) is 49.9 Å². The van der Waals surface area contributed by atoms with Crippen molar-refractivity contribution >= 4 is 11.9 Å². The average molecular weight is 332 g/mol. The number of ether oxygens (including phenoxy) is 1. The normalized spacial score (nSPS) is 29.3. The number of fused-ring (bicyclic) bond motifs is 2. The van der Waals surface area contributed by atoms with Crippen LogP contribution in [0.15, 0.2) is 6.20 Å². The summed E-state index contributed by atoms with van der Waals surface area (Å²) in [7, 11) is 1.66. The Labute approximate surface area is 141 Å². The van der Waals surface area contributed by atoms with E-state index in [-0.39, 0.29) is 18.0 Å². The van der Waals surface area contributed by atoms with Gasteiger partial charge in [0.1, 0.15) is 5.54 Å². The largest absolute Gasteiger partial charge is 0.383 e. The third-order valence-corrected chi connectivity index (χ3v) is 5.78. The van der Waals surface area contributed by atoms with Gasteiger partial charge in [-0.05, 0) is 44.6 Å². The summed E-state index contributed by atoms with van der Waals surface area (Å²) in [6.07, 6.45) is 6.29. The maximum Gasteiger partial charge on any atom is 0.328 e. The molecule has 3 amide bonds. The number of rotatable bonds is 4. The number of amides is 3. The SMILES string of the molecule is COCCn1ncc2c1[C@@H](N1C(=O)N3CCC[C@@]3(C)C1=O)CCC2. The number of nitrogens with zero attached hydrogens (tertiary/aromatic N) is 4. The fourth-order valence-electron chi connectivity index (χ4n) is 4.49. The molecule has 7 nitrogen and oxygen atoms in total. The van der Waals surface area contributed by atoms with E-state index in [1.807, 2.05) is 17.8 Å². The highest BCUT2D eigenvalue weighted by atomic mass is 16.5. The quantitative estimate of drug-likeness (QED) is 0.788. The van der Waals surface area contributed by atoms with E-state index in [1.165, 1.54) is 4.90 Å². The third-order valence-electron chi connectivity index (χ3n) is 5.78. The van der Waals surface area contributed by atoms with Gasteiger partial charge in [-0.25, -0.2) is 4.79 Å². The van der Waals surface area contributed by atoms with Crippen LogP contribution in [0.25, 0.3) is 0 Å². The Morgan fingerprint density at radius 1 is 1.38 bits per heavy atom. The van der Waals surface area contributed by atoms with Gasteiger partial charge in [0.15, 0.2) is 0 Å². The zero-order valence-electron chi connectivity index (χ0n) is 14.3. The molecular formula is C17H24N4O3. The van der Waals surface area contributed by atoms with Crippen molar-refractivity contribution in [2.75, 3.05) is 20.3 Å².